The molecule has 6 heteroatoms. The molecule has 1 amide bonds. The third-order valence-electron chi connectivity index (χ3n) is 4.50. The average molecular weight is 395 g/mol. The van der Waals surface area contributed by atoms with Gasteiger partial charge in [0.05, 0.1) is 28.8 Å². The second kappa shape index (κ2) is 7.07. The molecule has 1 aromatic heterocycles. The number of carbonyl (C=O) groups is 1. The molecule has 2 aromatic carbocycles. The van der Waals surface area contributed by atoms with E-state index < -0.39 is 0 Å². The summed E-state index contributed by atoms with van der Waals surface area (Å²) < 4.78 is 5.81. The van der Waals surface area contributed by atoms with Crippen LogP contribution in [0.25, 0.3) is 15.3 Å². The van der Waals surface area contributed by atoms with Gasteiger partial charge in [-0.15, -0.1) is 11.3 Å². The van der Waals surface area contributed by atoms with Gasteiger partial charge in [0.15, 0.2) is 5.69 Å². The summed E-state index contributed by atoms with van der Waals surface area (Å²) in [6, 6.07) is 14.6. The van der Waals surface area contributed by atoms with Crippen LogP contribution in [0.5, 0.6) is 5.75 Å². The first-order valence-electron chi connectivity index (χ1n) is 8.38. The molecular formula is C21H15ClN2O2S. The summed E-state index contributed by atoms with van der Waals surface area (Å²) in [7, 11) is 1.72. The maximum atomic E-state index is 13.0. The van der Waals surface area contributed by atoms with Gasteiger partial charge in [-0.05, 0) is 35.9 Å². The second-order valence-electron chi connectivity index (χ2n) is 6.17. The lowest BCUT2D eigenvalue weighted by Crippen LogP contribution is -2.25. The zero-order chi connectivity index (χ0) is 19.0. The third-order valence-corrected chi connectivity index (χ3v) is 6.02. The monoisotopic (exact) mass is 394 g/mol. The van der Waals surface area contributed by atoms with E-state index in [9.17, 15) is 4.79 Å². The van der Waals surface area contributed by atoms with Crippen LogP contribution in [0, 0.1) is 6.57 Å². The Bertz CT molecular complexity index is 1080. The van der Waals surface area contributed by atoms with E-state index in [1.54, 1.807) is 24.1 Å². The highest BCUT2D eigenvalue weighted by molar-refractivity contribution is 7.17. The van der Waals surface area contributed by atoms with Crippen LogP contribution in [-0.4, -0.2) is 19.6 Å². The summed E-state index contributed by atoms with van der Waals surface area (Å²) in [5.41, 5.74) is 3.17. The highest BCUT2D eigenvalue weighted by atomic mass is 35.5. The normalized spacial score (nSPS) is 12.2. The molecule has 27 heavy (non-hydrogen) atoms. The van der Waals surface area contributed by atoms with Crippen LogP contribution < -0.4 is 9.64 Å². The van der Waals surface area contributed by atoms with Gasteiger partial charge in [-0.1, -0.05) is 29.8 Å². The van der Waals surface area contributed by atoms with E-state index in [1.807, 2.05) is 36.4 Å². The Kier molecular flexibility index (Phi) is 4.61. The molecule has 1 aliphatic heterocycles. The Balaban J connectivity index is 1.75. The fraction of sp³-hybridized carbons (Fsp3) is 0.143. The lowest BCUT2D eigenvalue weighted by Gasteiger charge is -2.17. The minimum atomic E-state index is -0.107. The number of halogens is 1. The van der Waals surface area contributed by atoms with Gasteiger partial charge in [0, 0.05) is 23.9 Å². The third kappa shape index (κ3) is 3.18. The van der Waals surface area contributed by atoms with Crippen molar-refractivity contribution in [2.45, 2.75) is 6.42 Å². The molecule has 2 heterocycles. The molecule has 0 aliphatic carbocycles. The number of fused-ring (bicyclic) bond motifs is 3. The minimum Gasteiger partial charge on any atom is -0.493 e. The quantitative estimate of drug-likeness (QED) is 0.512. The number of nitrogens with zero attached hydrogens (tertiary/aromatic N) is 2. The zero-order valence-corrected chi connectivity index (χ0v) is 16.1. The lowest BCUT2D eigenvalue weighted by atomic mass is 10.1. The van der Waals surface area contributed by atoms with Gasteiger partial charge < -0.3 is 9.64 Å². The molecule has 1 aliphatic rings. The fourth-order valence-corrected chi connectivity index (χ4v) is 4.58. The summed E-state index contributed by atoms with van der Waals surface area (Å²) >= 11 is 7.67. The van der Waals surface area contributed by atoms with Gasteiger partial charge in [0.1, 0.15) is 5.75 Å². The van der Waals surface area contributed by atoms with E-state index in [2.05, 4.69) is 4.85 Å². The number of hydrogen-bond acceptors (Lipinski definition) is 3. The van der Waals surface area contributed by atoms with Crippen molar-refractivity contribution in [3.05, 3.63) is 75.4 Å². The van der Waals surface area contributed by atoms with Gasteiger partial charge >= 0.3 is 0 Å². The molecule has 0 saturated carbocycles. The standard InChI is InChI=1S/C21H15ClN2O2S/c1-23-14-7-8-18-15(12-14)20-13(9-10-26-18)11-19(27-20)21(25)24(2)17-6-4-3-5-16(17)22/h3-8,11-12H,9-10H2,2H3. The topological polar surface area (TPSA) is 33.9 Å². The first-order valence-corrected chi connectivity index (χ1v) is 9.58. The number of thiophene rings is 1. The number of carbonyl (C=O) groups excluding carboxylic acids is 1. The molecule has 0 atom stereocenters. The number of amides is 1. The Morgan fingerprint density at radius 2 is 2.07 bits per heavy atom. The number of benzene rings is 2. The molecule has 0 unspecified atom stereocenters. The molecule has 0 bridgehead atoms. The van der Waals surface area contributed by atoms with Gasteiger partial charge in [-0.3, -0.25) is 4.79 Å². The predicted octanol–water partition coefficient (Wildman–Crippen LogP) is 5.83. The minimum absolute atomic E-state index is 0.107. The van der Waals surface area contributed by atoms with Crippen LogP contribution >= 0.6 is 22.9 Å². The van der Waals surface area contributed by atoms with E-state index in [1.165, 1.54) is 11.3 Å². The summed E-state index contributed by atoms with van der Waals surface area (Å²) in [6.07, 6.45) is 0.719. The van der Waals surface area contributed by atoms with Gasteiger partial charge in [-0.25, -0.2) is 4.85 Å². The zero-order valence-electron chi connectivity index (χ0n) is 14.5. The summed E-state index contributed by atoms with van der Waals surface area (Å²) in [5, 5.41) is 0.534. The maximum absolute atomic E-state index is 13.0. The van der Waals surface area contributed by atoms with E-state index in [-0.39, 0.29) is 5.91 Å². The summed E-state index contributed by atoms with van der Waals surface area (Å²) in [4.78, 5) is 19.7. The van der Waals surface area contributed by atoms with Crippen molar-refractivity contribution in [3.8, 4) is 16.2 Å². The van der Waals surface area contributed by atoms with E-state index >= 15 is 0 Å². The molecule has 0 spiro atoms. The maximum Gasteiger partial charge on any atom is 0.268 e. The number of hydrogen-bond donors (Lipinski definition) is 0. The van der Waals surface area contributed by atoms with Crippen LogP contribution in [-0.2, 0) is 6.42 Å². The van der Waals surface area contributed by atoms with E-state index in [0.717, 1.165) is 28.2 Å². The summed E-state index contributed by atoms with van der Waals surface area (Å²) in [5.74, 6) is 0.645. The summed E-state index contributed by atoms with van der Waals surface area (Å²) in [6.45, 7) is 7.80. The Labute approximate surface area is 166 Å². The Hall–Kier alpha value is -2.81. The fourth-order valence-electron chi connectivity index (χ4n) is 3.11. The van der Waals surface area contributed by atoms with Crippen molar-refractivity contribution in [3.63, 3.8) is 0 Å². The number of rotatable bonds is 2. The highest BCUT2D eigenvalue weighted by Gasteiger charge is 2.24. The van der Waals surface area contributed by atoms with Crippen molar-refractivity contribution >= 4 is 40.2 Å². The molecule has 4 rings (SSSR count). The van der Waals surface area contributed by atoms with Crippen molar-refractivity contribution in [1.82, 2.24) is 0 Å². The van der Waals surface area contributed by atoms with Gasteiger partial charge in [-0.2, -0.15) is 0 Å². The lowest BCUT2D eigenvalue weighted by molar-refractivity contribution is 0.0997. The first-order chi connectivity index (χ1) is 13.1. The van der Waals surface area contributed by atoms with Gasteiger partial charge in [0.25, 0.3) is 5.91 Å². The van der Waals surface area contributed by atoms with Crippen molar-refractivity contribution < 1.29 is 9.53 Å². The average Bonchev–Trinajstić information content (AvgIpc) is 3.04. The molecule has 0 saturated heterocycles. The molecular weight excluding hydrogens is 380 g/mol. The first kappa shape index (κ1) is 17.6. The van der Waals surface area contributed by atoms with E-state index in [0.29, 0.717) is 27.9 Å². The smallest absolute Gasteiger partial charge is 0.268 e. The number of anilines is 1. The van der Waals surface area contributed by atoms with Crippen molar-refractivity contribution in [2.75, 3.05) is 18.6 Å². The predicted molar refractivity (Wildman–Crippen MR) is 109 cm³/mol. The van der Waals surface area contributed by atoms with Crippen LogP contribution in [0.1, 0.15) is 15.2 Å². The van der Waals surface area contributed by atoms with Crippen molar-refractivity contribution in [2.24, 2.45) is 0 Å². The highest BCUT2D eigenvalue weighted by Crippen LogP contribution is 2.43. The number of para-hydroxylation sites is 1. The van der Waals surface area contributed by atoms with Gasteiger partial charge in [0.2, 0.25) is 0 Å². The second-order valence-corrected chi connectivity index (χ2v) is 7.63. The molecule has 0 radical (unpaired) electrons. The SMILES string of the molecule is [C-]#[N+]c1ccc2c(c1)-c1sc(C(=O)N(C)c3ccccc3Cl)cc1CCO2. The number of ether oxygens (including phenoxy) is 1. The van der Waals surface area contributed by atoms with Crippen molar-refractivity contribution in [1.29, 1.82) is 0 Å². The van der Waals surface area contributed by atoms with E-state index in [4.69, 9.17) is 22.9 Å². The molecule has 4 nitrogen and oxygen atoms in total. The molecule has 0 fully saturated rings. The molecule has 134 valence electrons. The Morgan fingerprint density at radius 1 is 1.26 bits per heavy atom. The Morgan fingerprint density at radius 3 is 2.85 bits per heavy atom. The van der Waals surface area contributed by atoms with Crippen LogP contribution in [0.4, 0.5) is 11.4 Å². The van der Waals surface area contributed by atoms with Crippen LogP contribution in [0.2, 0.25) is 5.02 Å². The largest absolute Gasteiger partial charge is 0.493 e. The van der Waals surface area contributed by atoms with Crippen LogP contribution in [0.3, 0.4) is 0 Å². The molecule has 0 N–H and O–H groups in total. The molecule has 3 aromatic rings. The van der Waals surface area contributed by atoms with Crippen LogP contribution in [0.15, 0.2) is 48.5 Å².